The van der Waals surface area contributed by atoms with Crippen LogP contribution in [0, 0.1) is 20.8 Å². The maximum absolute atomic E-state index is 13.4. The van der Waals surface area contributed by atoms with Crippen LogP contribution in [0.25, 0.3) is 22.2 Å². The second kappa shape index (κ2) is 7.04. The van der Waals surface area contributed by atoms with Crippen molar-refractivity contribution in [1.82, 2.24) is 19.9 Å². The van der Waals surface area contributed by atoms with E-state index in [1.54, 1.807) is 12.4 Å². The number of nitrogens with zero attached hydrogens (tertiary/aromatic N) is 4. The second-order valence-corrected chi connectivity index (χ2v) is 6.90. The van der Waals surface area contributed by atoms with Gasteiger partial charge < -0.3 is 9.64 Å². The Morgan fingerprint density at radius 3 is 2.48 bits per heavy atom. The van der Waals surface area contributed by atoms with Crippen molar-refractivity contribution in [3.05, 3.63) is 53.1 Å². The fourth-order valence-electron chi connectivity index (χ4n) is 3.47. The van der Waals surface area contributed by atoms with Crippen LogP contribution in [-0.4, -0.2) is 52.1 Å². The summed E-state index contributed by atoms with van der Waals surface area (Å²) in [5, 5.41) is 0.890. The number of hydrogen-bond donors (Lipinski definition) is 0. The van der Waals surface area contributed by atoms with Gasteiger partial charge in [0.25, 0.3) is 5.91 Å². The molecule has 3 aromatic rings. The molecule has 1 saturated heterocycles. The van der Waals surface area contributed by atoms with Crippen LogP contribution >= 0.6 is 0 Å². The summed E-state index contributed by atoms with van der Waals surface area (Å²) in [5.74, 6) is 0.737. The molecule has 0 aliphatic carbocycles. The monoisotopic (exact) mass is 362 g/mol. The Hall–Kier alpha value is -2.86. The average Bonchev–Trinajstić information content (AvgIpc) is 2.69. The van der Waals surface area contributed by atoms with Crippen molar-refractivity contribution in [2.75, 3.05) is 26.3 Å². The minimum absolute atomic E-state index is 0.0306. The number of morpholine rings is 1. The van der Waals surface area contributed by atoms with Crippen molar-refractivity contribution in [3.63, 3.8) is 0 Å². The third-order valence-electron chi connectivity index (χ3n) is 4.95. The van der Waals surface area contributed by atoms with Gasteiger partial charge in [-0.1, -0.05) is 11.6 Å². The minimum atomic E-state index is 0.0306. The van der Waals surface area contributed by atoms with Gasteiger partial charge in [-0.3, -0.25) is 4.79 Å². The van der Waals surface area contributed by atoms with Crippen molar-refractivity contribution < 1.29 is 9.53 Å². The molecule has 4 rings (SSSR count). The number of benzene rings is 1. The molecule has 0 bridgehead atoms. The fraction of sp³-hybridized carbons (Fsp3) is 0.333. The lowest BCUT2D eigenvalue weighted by molar-refractivity contribution is 0.0303. The molecule has 0 N–H and O–H groups in total. The van der Waals surface area contributed by atoms with E-state index in [9.17, 15) is 4.79 Å². The summed E-state index contributed by atoms with van der Waals surface area (Å²) in [6.45, 7) is 8.20. The Kier molecular flexibility index (Phi) is 4.58. The molecule has 1 fully saturated rings. The van der Waals surface area contributed by atoms with E-state index in [1.807, 2.05) is 43.9 Å². The number of rotatable bonds is 2. The van der Waals surface area contributed by atoms with Crippen LogP contribution in [0.2, 0.25) is 0 Å². The van der Waals surface area contributed by atoms with Gasteiger partial charge in [0, 0.05) is 36.4 Å². The first-order valence-corrected chi connectivity index (χ1v) is 9.11. The SMILES string of the molecule is Cc1ccc2nc(-c3cnc(C)nc3)c(C)c(C(=O)N3CCOCC3)c2c1. The van der Waals surface area contributed by atoms with Crippen LogP contribution in [0.1, 0.15) is 27.3 Å². The largest absolute Gasteiger partial charge is 0.378 e. The smallest absolute Gasteiger partial charge is 0.255 e. The minimum Gasteiger partial charge on any atom is -0.378 e. The molecular weight excluding hydrogens is 340 g/mol. The normalized spacial score (nSPS) is 14.6. The number of amides is 1. The van der Waals surface area contributed by atoms with Gasteiger partial charge in [0.2, 0.25) is 0 Å². The van der Waals surface area contributed by atoms with Crippen LogP contribution in [0.3, 0.4) is 0 Å². The number of aromatic nitrogens is 3. The first-order valence-electron chi connectivity index (χ1n) is 9.11. The summed E-state index contributed by atoms with van der Waals surface area (Å²) >= 11 is 0. The lowest BCUT2D eigenvalue weighted by atomic mass is 9.96. The quantitative estimate of drug-likeness (QED) is 0.701. The maximum Gasteiger partial charge on any atom is 0.255 e. The first kappa shape index (κ1) is 17.5. The standard InChI is InChI=1S/C21H22N4O2/c1-13-4-5-18-17(10-13)19(21(26)25-6-8-27-9-7-25)14(2)20(24-18)16-11-22-15(3)23-12-16/h4-5,10-12H,6-9H2,1-3H3. The number of hydrogen-bond acceptors (Lipinski definition) is 5. The van der Waals surface area contributed by atoms with Crippen LogP contribution in [0.4, 0.5) is 0 Å². The summed E-state index contributed by atoms with van der Waals surface area (Å²) in [7, 11) is 0. The molecule has 27 heavy (non-hydrogen) atoms. The maximum atomic E-state index is 13.4. The van der Waals surface area contributed by atoms with Crippen molar-refractivity contribution in [2.45, 2.75) is 20.8 Å². The predicted molar refractivity (Wildman–Crippen MR) is 104 cm³/mol. The number of carbonyl (C=O) groups excluding carboxylic acids is 1. The van der Waals surface area contributed by atoms with Crippen molar-refractivity contribution in [2.24, 2.45) is 0 Å². The molecule has 0 saturated carbocycles. The molecule has 1 aliphatic rings. The third kappa shape index (κ3) is 3.28. The second-order valence-electron chi connectivity index (χ2n) is 6.90. The van der Waals surface area contributed by atoms with Gasteiger partial charge in [-0.2, -0.15) is 0 Å². The molecule has 3 heterocycles. The summed E-state index contributed by atoms with van der Waals surface area (Å²) in [5.41, 5.74) is 5.04. The number of pyridine rings is 1. The zero-order valence-corrected chi connectivity index (χ0v) is 15.8. The molecule has 1 amide bonds. The number of ether oxygens (including phenoxy) is 1. The molecule has 1 aliphatic heterocycles. The molecule has 6 heteroatoms. The van der Waals surface area contributed by atoms with Crippen LogP contribution in [0.15, 0.2) is 30.6 Å². The van der Waals surface area contributed by atoms with Gasteiger partial charge in [-0.15, -0.1) is 0 Å². The van der Waals surface area contributed by atoms with E-state index >= 15 is 0 Å². The topological polar surface area (TPSA) is 68.2 Å². The summed E-state index contributed by atoms with van der Waals surface area (Å²) in [6, 6.07) is 6.03. The highest BCUT2D eigenvalue weighted by Crippen LogP contribution is 2.30. The van der Waals surface area contributed by atoms with E-state index in [0.29, 0.717) is 37.7 Å². The molecule has 0 spiro atoms. The van der Waals surface area contributed by atoms with Gasteiger partial charge in [0.05, 0.1) is 30.0 Å². The number of fused-ring (bicyclic) bond motifs is 1. The highest BCUT2D eigenvalue weighted by atomic mass is 16.5. The molecule has 2 aromatic heterocycles. The number of carbonyl (C=O) groups is 1. The van der Waals surface area contributed by atoms with Crippen LogP contribution in [-0.2, 0) is 4.74 Å². The molecular formula is C21H22N4O2. The Balaban J connectivity index is 1.93. The van der Waals surface area contributed by atoms with Crippen molar-refractivity contribution in [1.29, 1.82) is 0 Å². The fourth-order valence-corrected chi connectivity index (χ4v) is 3.47. The molecule has 1 aromatic carbocycles. The summed E-state index contributed by atoms with van der Waals surface area (Å²) in [4.78, 5) is 28.7. The van der Waals surface area contributed by atoms with E-state index in [1.165, 1.54) is 0 Å². The first-order chi connectivity index (χ1) is 13.0. The van der Waals surface area contributed by atoms with Gasteiger partial charge in [-0.05, 0) is 38.5 Å². The van der Waals surface area contributed by atoms with Gasteiger partial charge in [0.15, 0.2) is 0 Å². The van der Waals surface area contributed by atoms with Gasteiger partial charge >= 0.3 is 0 Å². The Morgan fingerprint density at radius 2 is 1.78 bits per heavy atom. The average molecular weight is 362 g/mol. The molecule has 0 unspecified atom stereocenters. The Labute approximate surface area is 158 Å². The molecule has 0 atom stereocenters. The van der Waals surface area contributed by atoms with E-state index in [0.717, 1.165) is 33.3 Å². The number of aryl methyl sites for hydroxylation is 2. The van der Waals surface area contributed by atoms with Crippen molar-refractivity contribution in [3.8, 4) is 11.3 Å². The lowest BCUT2D eigenvalue weighted by Gasteiger charge is -2.28. The zero-order valence-electron chi connectivity index (χ0n) is 15.8. The third-order valence-corrected chi connectivity index (χ3v) is 4.95. The molecule has 0 radical (unpaired) electrons. The van der Waals surface area contributed by atoms with Crippen LogP contribution < -0.4 is 0 Å². The van der Waals surface area contributed by atoms with E-state index in [2.05, 4.69) is 9.97 Å². The van der Waals surface area contributed by atoms with E-state index in [-0.39, 0.29) is 5.91 Å². The zero-order chi connectivity index (χ0) is 19.0. The van der Waals surface area contributed by atoms with E-state index in [4.69, 9.17) is 9.72 Å². The van der Waals surface area contributed by atoms with Gasteiger partial charge in [-0.25, -0.2) is 15.0 Å². The van der Waals surface area contributed by atoms with E-state index < -0.39 is 0 Å². The van der Waals surface area contributed by atoms with Gasteiger partial charge in [0.1, 0.15) is 5.82 Å². The Bertz CT molecular complexity index is 1010. The molecule has 6 nitrogen and oxygen atoms in total. The molecule has 138 valence electrons. The lowest BCUT2D eigenvalue weighted by Crippen LogP contribution is -2.41. The summed E-state index contributed by atoms with van der Waals surface area (Å²) < 4.78 is 5.40. The van der Waals surface area contributed by atoms with Crippen LogP contribution in [0.5, 0.6) is 0 Å². The Morgan fingerprint density at radius 1 is 1.07 bits per heavy atom. The van der Waals surface area contributed by atoms with Crippen molar-refractivity contribution >= 4 is 16.8 Å². The summed E-state index contributed by atoms with van der Waals surface area (Å²) in [6.07, 6.45) is 3.53. The highest BCUT2D eigenvalue weighted by Gasteiger charge is 2.25. The predicted octanol–water partition coefficient (Wildman–Crippen LogP) is 3.09. The highest BCUT2D eigenvalue weighted by molar-refractivity contribution is 6.09.